The van der Waals surface area contributed by atoms with Gasteiger partial charge in [-0.25, -0.2) is 19.0 Å². The number of aromatic amines is 1. The number of carbonyl (C=O) groups is 1. The van der Waals surface area contributed by atoms with Crippen molar-refractivity contribution >= 4 is 23.5 Å². The average molecular weight is 592 g/mol. The highest BCUT2D eigenvalue weighted by Crippen LogP contribution is 2.30. The van der Waals surface area contributed by atoms with Crippen LogP contribution in [0.2, 0.25) is 0 Å². The number of nitrogens with two attached hydrogens (primary N) is 1. The third kappa shape index (κ3) is 7.14. The number of amides is 1. The molecule has 5 heterocycles. The largest absolute Gasteiger partial charge is 0.368 e. The maximum atomic E-state index is 13.5. The number of hydrogen-bond donors (Lipinski definition) is 4. The van der Waals surface area contributed by atoms with Crippen LogP contribution in [-0.4, -0.2) is 73.2 Å². The van der Waals surface area contributed by atoms with E-state index in [9.17, 15) is 9.18 Å². The molecule has 13 nitrogen and oxygen atoms in total. The molecule has 0 spiro atoms. The lowest BCUT2D eigenvalue weighted by molar-refractivity contribution is -0.146. The third-order valence-corrected chi connectivity index (χ3v) is 7.68. The lowest BCUT2D eigenvalue weighted by Gasteiger charge is -2.40. The van der Waals surface area contributed by atoms with Crippen LogP contribution in [0.3, 0.4) is 0 Å². The molecule has 1 aliphatic rings. The van der Waals surface area contributed by atoms with Gasteiger partial charge >= 0.3 is 0 Å². The van der Waals surface area contributed by atoms with Crippen LogP contribution in [0.5, 0.6) is 0 Å². The van der Waals surface area contributed by atoms with Gasteiger partial charge in [-0.05, 0) is 51.3 Å². The van der Waals surface area contributed by atoms with Crippen LogP contribution in [0.4, 0.5) is 22.0 Å². The second-order valence-electron chi connectivity index (χ2n) is 10.8. The Morgan fingerprint density at radius 3 is 2.63 bits per heavy atom. The summed E-state index contributed by atoms with van der Waals surface area (Å²) >= 11 is 0. The fraction of sp³-hybridized carbons (Fsp3) is 0.448. The second-order valence-corrected chi connectivity index (χ2v) is 10.8. The summed E-state index contributed by atoms with van der Waals surface area (Å²) in [6.45, 7) is 5.54. The van der Waals surface area contributed by atoms with Crippen molar-refractivity contribution in [2.24, 2.45) is 5.73 Å². The first-order valence-electron chi connectivity index (χ1n) is 14.4. The molecule has 1 aliphatic heterocycles. The molecule has 4 aromatic heterocycles. The molecule has 1 amide bonds. The molecular formula is C29H38FN11O2. The van der Waals surface area contributed by atoms with Crippen LogP contribution in [-0.2, 0) is 16.0 Å². The van der Waals surface area contributed by atoms with E-state index in [-0.39, 0.29) is 11.9 Å². The maximum Gasteiger partial charge on any atom is 0.252 e. The molecule has 1 atom stereocenters. The second kappa shape index (κ2) is 13.3. The Hall–Kier alpha value is -4.43. The number of carbonyl (C=O) groups excluding carboxylic acids is 1. The summed E-state index contributed by atoms with van der Waals surface area (Å²) in [6.07, 6.45) is 7.58. The van der Waals surface area contributed by atoms with Gasteiger partial charge in [0.05, 0.1) is 18.4 Å². The summed E-state index contributed by atoms with van der Waals surface area (Å²) in [4.78, 5) is 29.6. The number of piperidine rings is 1. The van der Waals surface area contributed by atoms with Crippen LogP contribution in [0.1, 0.15) is 55.6 Å². The van der Waals surface area contributed by atoms with E-state index in [1.165, 1.54) is 10.9 Å². The van der Waals surface area contributed by atoms with Gasteiger partial charge in [0, 0.05) is 62.8 Å². The Morgan fingerprint density at radius 2 is 2.00 bits per heavy atom. The topological polar surface area (TPSA) is 165 Å². The molecule has 0 unspecified atom stereocenters. The van der Waals surface area contributed by atoms with E-state index < -0.39 is 11.4 Å². The molecule has 228 valence electrons. The molecule has 43 heavy (non-hydrogen) atoms. The van der Waals surface area contributed by atoms with Gasteiger partial charge < -0.3 is 26.0 Å². The minimum atomic E-state index is -0.989. The van der Waals surface area contributed by atoms with Gasteiger partial charge in [-0.15, -0.1) is 0 Å². The summed E-state index contributed by atoms with van der Waals surface area (Å²) in [5.41, 5.74) is 7.38. The fourth-order valence-electron chi connectivity index (χ4n) is 5.10. The fourth-order valence-corrected chi connectivity index (χ4v) is 5.10. The number of methoxy groups -OCH3 is 1. The molecule has 0 radical (unpaired) electrons. The van der Waals surface area contributed by atoms with Crippen molar-refractivity contribution < 1.29 is 13.9 Å². The van der Waals surface area contributed by atoms with Crippen molar-refractivity contribution in [3.8, 4) is 5.82 Å². The van der Waals surface area contributed by atoms with E-state index in [0.717, 1.165) is 42.4 Å². The molecule has 5 N–H and O–H groups in total. The Labute approximate surface area is 249 Å². The third-order valence-electron chi connectivity index (χ3n) is 7.68. The molecule has 0 bridgehead atoms. The van der Waals surface area contributed by atoms with Crippen molar-refractivity contribution in [2.45, 2.75) is 57.6 Å². The van der Waals surface area contributed by atoms with Crippen LogP contribution in [0.25, 0.3) is 5.82 Å². The van der Waals surface area contributed by atoms with Gasteiger partial charge in [0.25, 0.3) is 5.91 Å². The van der Waals surface area contributed by atoms with Crippen molar-refractivity contribution in [3.63, 3.8) is 0 Å². The minimum Gasteiger partial charge on any atom is -0.368 e. The van der Waals surface area contributed by atoms with Crippen molar-refractivity contribution in [1.82, 2.24) is 40.2 Å². The van der Waals surface area contributed by atoms with E-state index in [1.807, 2.05) is 32.0 Å². The van der Waals surface area contributed by atoms with Crippen molar-refractivity contribution in [2.75, 3.05) is 37.0 Å². The van der Waals surface area contributed by atoms with Gasteiger partial charge in [-0.1, -0.05) is 6.07 Å². The first-order chi connectivity index (χ1) is 20.8. The number of pyridine rings is 1. The number of hydrogen-bond acceptors (Lipinski definition) is 10. The number of aromatic nitrogens is 7. The Kier molecular flexibility index (Phi) is 9.26. The number of halogens is 1. The highest BCUT2D eigenvalue weighted by atomic mass is 19.1. The highest BCUT2D eigenvalue weighted by molar-refractivity contribution is 5.86. The predicted octanol–water partition coefficient (Wildman–Crippen LogP) is 3.12. The smallest absolute Gasteiger partial charge is 0.252 e. The number of rotatable bonds is 12. The monoisotopic (exact) mass is 591 g/mol. The summed E-state index contributed by atoms with van der Waals surface area (Å²) in [6, 6.07) is 7.10. The first kappa shape index (κ1) is 30.0. The van der Waals surface area contributed by atoms with Crippen molar-refractivity contribution in [1.29, 1.82) is 0 Å². The zero-order valence-electron chi connectivity index (χ0n) is 24.7. The average Bonchev–Trinajstić information content (AvgIpc) is 3.64. The molecule has 1 fully saturated rings. The van der Waals surface area contributed by atoms with E-state index in [1.54, 1.807) is 19.4 Å². The van der Waals surface area contributed by atoms with Crippen LogP contribution < -0.4 is 21.3 Å². The van der Waals surface area contributed by atoms with Crippen LogP contribution >= 0.6 is 0 Å². The molecule has 1 saturated heterocycles. The SMILES string of the molecule is COC1(C(=O)N[C@@H](C)c2ccc(-n3cc(F)cn3)nc2)CCN(c2nc(CCCCN)cc(Nc3cc(C)[nH]n3)n2)CC1. The number of anilines is 3. The summed E-state index contributed by atoms with van der Waals surface area (Å²) in [5.74, 6) is 1.79. The Bertz CT molecular complexity index is 1510. The lowest BCUT2D eigenvalue weighted by atomic mass is 9.89. The standard InChI is InChI=1S/C29H38FN11O2/c1-19-14-25(39-38-19)36-24-15-23(6-4-5-11-31)35-28(37-24)40-12-9-29(43-3,10-13-40)27(42)34-20(2)21-7-8-26(32-16-21)41-18-22(30)17-33-41/h7-8,14-18,20H,4-6,9-13,31H2,1-3H3,(H,34,42)(H2,35,36,37,38,39)/t20-/m0/s1. The number of nitrogens with one attached hydrogen (secondary N) is 3. The van der Waals surface area contributed by atoms with E-state index >= 15 is 0 Å². The lowest BCUT2D eigenvalue weighted by Crippen LogP contribution is -2.55. The highest BCUT2D eigenvalue weighted by Gasteiger charge is 2.42. The molecule has 4 aromatic rings. The van der Waals surface area contributed by atoms with Gasteiger partial charge in [-0.3, -0.25) is 9.89 Å². The number of unbranched alkanes of at least 4 members (excludes halogenated alkanes) is 1. The van der Waals surface area contributed by atoms with Gasteiger partial charge in [0.15, 0.2) is 17.5 Å². The maximum absolute atomic E-state index is 13.5. The number of nitrogens with zero attached hydrogens (tertiary/aromatic N) is 7. The molecule has 0 aliphatic carbocycles. The van der Waals surface area contributed by atoms with Gasteiger partial charge in [0.2, 0.25) is 5.95 Å². The van der Waals surface area contributed by atoms with E-state index in [2.05, 4.69) is 35.8 Å². The molecule has 0 aromatic carbocycles. The number of ether oxygens (including phenoxy) is 1. The zero-order chi connectivity index (χ0) is 30.4. The molecule has 14 heteroatoms. The minimum absolute atomic E-state index is 0.187. The molecule has 5 rings (SSSR count). The number of H-pyrrole nitrogens is 1. The predicted molar refractivity (Wildman–Crippen MR) is 160 cm³/mol. The van der Waals surface area contributed by atoms with Crippen molar-refractivity contribution in [3.05, 3.63) is 65.6 Å². The molecule has 0 saturated carbocycles. The summed E-state index contributed by atoms with van der Waals surface area (Å²) < 4.78 is 20.5. The van der Waals surface area contributed by atoms with Gasteiger partial charge in [0.1, 0.15) is 11.4 Å². The Morgan fingerprint density at radius 1 is 1.19 bits per heavy atom. The van der Waals surface area contributed by atoms with Crippen LogP contribution in [0.15, 0.2) is 42.9 Å². The van der Waals surface area contributed by atoms with Gasteiger partial charge in [-0.2, -0.15) is 15.2 Å². The van der Waals surface area contributed by atoms with E-state index in [4.69, 9.17) is 20.4 Å². The van der Waals surface area contributed by atoms with Crippen LogP contribution in [0, 0.1) is 12.7 Å². The summed E-state index contributed by atoms with van der Waals surface area (Å²) in [7, 11) is 1.57. The Balaban J connectivity index is 1.25. The molecular weight excluding hydrogens is 553 g/mol. The zero-order valence-corrected chi connectivity index (χ0v) is 24.7. The normalized spacial score (nSPS) is 15.3. The van der Waals surface area contributed by atoms with E-state index in [0.29, 0.717) is 55.9 Å². The number of aryl methyl sites for hydroxylation is 2. The quantitative estimate of drug-likeness (QED) is 0.180. The summed E-state index contributed by atoms with van der Waals surface area (Å²) in [5, 5.41) is 17.5. The first-order valence-corrected chi connectivity index (χ1v) is 14.4.